The second-order valence-corrected chi connectivity index (χ2v) is 42.4. The predicted molar refractivity (Wildman–Crippen MR) is 475 cm³/mol. The number of hydrogen-bond acceptors (Lipinski definition) is 13. The van der Waals surface area contributed by atoms with Gasteiger partial charge in [0.05, 0.1) is 42.8 Å². The quantitative estimate of drug-likeness (QED) is 0.0601. The summed E-state index contributed by atoms with van der Waals surface area (Å²) in [6.07, 6.45) is 0. The van der Waals surface area contributed by atoms with Gasteiger partial charge < -0.3 is 32.9 Å². The number of halogens is 12. The van der Waals surface area contributed by atoms with Crippen molar-refractivity contribution >= 4 is 112 Å². The Morgan fingerprint density at radius 3 is 1.01 bits per heavy atom. The smallest absolute Gasteiger partial charge is 0.380 e. The fourth-order valence-electron chi connectivity index (χ4n) is 14.1. The number of fused-ring (bicyclic) bond motifs is 2. The summed E-state index contributed by atoms with van der Waals surface area (Å²) in [5.41, 5.74) is -7.33. The third-order valence-electron chi connectivity index (χ3n) is 20.8. The molecule has 0 bridgehead atoms. The number of methoxy groups -OCH3 is 1. The van der Waals surface area contributed by atoms with E-state index in [4.69, 9.17) is 27.8 Å². The summed E-state index contributed by atoms with van der Waals surface area (Å²) in [5, 5.41) is 10.3. The van der Waals surface area contributed by atoms with E-state index in [1.165, 1.54) is 81.7 Å². The van der Waals surface area contributed by atoms with Gasteiger partial charge in [0.1, 0.15) is 40.8 Å². The van der Waals surface area contributed by atoms with Crippen molar-refractivity contribution in [3.63, 3.8) is 0 Å². The van der Waals surface area contributed by atoms with Gasteiger partial charge in [-0.25, -0.2) is 0 Å². The van der Waals surface area contributed by atoms with Crippen LogP contribution < -0.4 is 4.74 Å². The molecule has 8 heterocycles. The number of furan rings is 2. The Bertz CT molecular complexity index is 5770. The molecule has 4 aromatic carbocycles. The van der Waals surface area contributed by atoms with Crippen molar-refractivity contribution in [2.75, 3.05) is 46.8 Å². The van der Waals surface area contributed by atoms with Gasteiger partial charge in [0.15, 0.2) is 0 Å². The highest BCUT2D eigenvalue weighted by Gasteiger charge is 2.82. The molecule has 0 aliphatic heterocycles. The zero-order valence-corrected chi connectivity index (χ0v) is 73.9. The molecule has 0 atom stereocenters. The van der Waals surface area contributed by atoms with Crippen LogP contribution in [0.4, 0.5) is 52.7 Å². The molecule has 2 aliphatic rings. The molecule has 14 rings (SSSR count). The Balaban J connectivity index is 0.000000234. The standard InChI is InChI=1S/C50H54F6O5S3.C43H40F6O2S3.2CH4/c1-45(2,3)30-13-11-29(12-14-30)43-40(32-27-31(15-16-34(32)61-43)60-26-25-59-24-23-58-22-21-57-10)42-41(48(51,52)50(55,56)49(42,53)54)33-28-37(35-17-19-38(62-35)46(4,5)6)64-44(33)36-18-20-39(63-36)47(7,8)9;1-38(2,3)23-12-10-22(11-13-23)36-33(25-20-24(50)14-15-27(25)51-36)35-34(41(44,45)43(48,49)42(35,46)47)26-21-30(28-16-18-31(52-28)39(4,5)6)54-37(26)29-17-19-32(53-29)40(7,8)9;;/h11-20,27-28H,21-26H2,1-10H3;10-21,50H,1-9H3;2*1H4. The normalized spacial score (nSPS) is 16.5. The summed E-state index contributed by atoms with van der Waals surface area (Å²) < 4.78 is 234. The Morgan fingerprint density at radius 2 is 0.658 bits per heavy atom. The van der Waals surface area contributed by atoms with E-state index in [1.807, 2.05) is 161 Å². The topological polar surface area (TPSA) is 83.4 Å². The van der Waals surface area contributed by atoms with Crippen LogP contribution in [0.15, 0.2) is 154 Å². The summed E-state index contributed by atoms with van der Waals surface area (Å²) in [5.74, 6) is -33.7. The Labute approximate surface area is 718 Å². The van der Waals surface area contributed by atoms with Crippen LogP contribution >= 0.6 is 68.0 Å². The lowest BCUT2D eigenvalue weighted by Crippen LogP contribution is -2.48. The number of phenols is 1. The van der Waals surface area contributed by atoms with Gasteiger partial charge in [-0.3, -0.25) is 0 Å². The molecule has 12 aromatic rings. The number of aromatic hydroxyl groups is 1. The van der Waals surface area contributed by atoms with E-state index in [9.17, 15) is 5.11 Å². The second kappa shape index (κ2) is 33.1. The van der Waals surface area contributed by atoms with Crippen LogP contribution in [-0.4, -0.2) is 87.4 Å². The molecule has 0 unspecified atom stereocenters. The Hall–Kier alpha value is -7.72. The lowest BCUT2D eigenvalue weighted by molar-refractivity contribution is -0.254. The summed E-state index contributed by atoms with van der Waals surface area (Å²) in [7, 11) is 1.57. The van der Waals surface area contributed by atoms with Crippen molar-refractivity contribution in [3.05, 3.63) is 198 Å². The number of alkyl halides is 12. The number of allylic oxidation sites excluding steroid dienone is 4. The fraction of sp³-hybridized carbons (Fsp3) is 0.411. The molecule has 0 radical (unpaired) electrons. The third-order valence-corrected chi connectivity index (χ3v) is 29.9. The van der Waals surface area contributed by atoms with Gasteiger partial charge in [-0.1, -0.05) is 188 Å². The van der Waals surface area contributed by atoms with Crippen molar-refractivity contribution in [3.8, 4) is 73.2 Å². The third kappa shape index (κ3) is 17.1. The summed E-state index contributed by atoms with van der Waals surface area (Å²) in [6, 6.07) is 39.1. The zero-order chi connectivity index (χ0) is 86.2. The van der Waals surface area contributed by atoms with Crippen LogP contribution in [0.25, 0.3) is 106 Å². The second-order valence-electron chi connectivity index (χ2n) is 36.0. The minimum atomic E-state index is -5.83. The highest BCUT2D eigenvalue weighted by Crippen LogP contribution is 2.70. The van der Waals surface area contributed by atoms with Crippen LogP contribution in [0.5, 0.6) is 11.5 Å². The maximum atomic E-state index is 17.1. The van der Waals surface area contributed by atoms with E-state index in [0.29, 0.717) is 49.1 Å². The van der Waals surface area contributed by atoms with Crippen molar-refractivity contribution in [1.82, 2.24) is 0 Å². The predicted octanol–water partition coefficient (Wildman–Crippen LogP) is 31.7. The SMILES string of the molecule is C.C.CC(C)(C)c1ccc(-c2oc3ccc(O)cc3c2C2=C(c3cc(-c4ccc(C(C)(C)C)s4)sc3-c3ccc(C(C)(C)C)s3)C(F)(F)C(F)(F)C2(F)F)cc1.COCCOCCOCCOc1ccc2oc(-c3ccc(C(C)(C)C)cc3)c(C3=C(c4cc(-c5ccc(C(C)(C)C)s5)sc4-c4ccc(C(C)(C)C)s4)C(F)(F)C(F)(F)C3(F)F)c2c1. The lowest BCUT2D eigenvalue weighted by atomic mass is 9.86. The summed E-state index contributed by atoms with van der Waals surface area (Å²) in [4.78, 5) is 7.59. The van der Waals surface area contributed by atoms with Crippen molar-refractivity contribution in [2.45, 2.75) is 208 Å². The highest BCUT2D eigenvalue weighted by molar-refractivity contribution is 7.27. The van der Waals surface area contributed by atoms with E-state index in [0.717, 1.165) is 59.4 Å². The maximum Gasteiger partial charge on any atom is 0.380 e. The van der Waals surface area contributed by atoms with Crippen LogP contribution in [-0.2, 0) is 46.7 Å². The zero-order valence-electron chi connectivity index (χ0n) is 69.0. The first-order chi connectivity index (χ1) is 54.7. The first kappa shape index (κ1) is 93.0. The van der Waals surface area contributed by atoms with Crippen molar-refractivity contribution in [1.29, 1.82) is 0 Å². The first-order valence-electron chi connectivity index (χ1n) is 38.5. The van der Waals surface area contributed by atoms with Gasteiger partial charge in [-0.2, -0.15) is 52.7 Å². The van der Waals surface area contributed by atoms with Gasteiger partial charge in [0.2, 0.25) is 0 Å². The number of phenolic OH excluding ortho intramolecular Hbond substituents is 1. The van der Waals surface area contributed by atoms with Crippen LogP contribution in [0.1, 0.15) is 192 Å². The molecule has 644 valence electrons. The first-order valence-corrected chi connectivity index (χ1v) is 43.4. The van der Waals surface area contributed by atoms with Crippen molar-refractivity contribution in [2.24, 2.45) is 0 Å². The van der Waals surface area contributed by atoms with E-state index in [2.05, 4.69) is 0 Å². The van der Waals surface area contributed by atoms with Crippen LogP contribution in [0.3, 0.4) is 0 Å². The van der Waals surface area contributed by atoms with E-state index >= 15 is 52.7 Å². The van der Waals surface area contributed by atoms with Gasteiger partial charge in [0, 0.05) is 122 Å². The molecule has 0 fully saturated rings. The molecule has 0 spiro atoms. The van der Waals surface area contributed by atoms with E-state index < -0.39 is 74.5 Å². The largest absolute Gasteiger partial charge is 0.508 e. The van der Waals surface area contributed by atoms with Gasteiger partial charge >= 0.3 is 35.5 Å². The van der Waals surface area contributed by atoms with Crippen LogP contribution in [0, 0.1) is 0 Å². The molecule has 8 aromatic heterocycles. The molecule has 25 heteroatoms. The number of thiophene rings is 6. The monoisotopic (exact) mass is 1770 g/mol. The maximum absolute atomic E-state index is 17.1. The Morgan fingerprint density at radius 1 is 0.333 bits per heavy atom. The average molecular weight is 1780 g/mol. The lowest BCUT2D eigenvalue weighted by Gasteiger charge is -2.26. The molecule has 120 heavy (non-hydrogen) atoms. The van der Waals surface area contributed by atoms with Crippen LogP contribution in [0.2, 0.25) is 0 Å². The summed E-state index contributed by atoms with van der Waals surface area (Å²) >= 11 is 7.75. The molecular weight excluding hydrogens is 1670 g/mol. The molecule has 1 N–H and O–H groups in total. The molecule has 0 saturated heterocycles. The van der Waals surface area contributed by atoms with Crippen molar-refractivity contribution < 1.29 is 85.6 Å². The molecule has 2 aliphatic carbocycles. The molecule has 0 saturated carbocycles. The number of ether oxygens (including phenoxy) is 4. The minimum absolute atomic E-state index is 0. The number of hydrogen-bond donors (Lipinski definition) is 1. The van der Waals surface area contributed by atoms with Gasteiger partial charge in [0.25, 0.3) is 0 Å². The van der Waals surface area contributed by atoms with Gasteiger partial charge in [-0.15, -0.1) is 68.0 Å². The average Bonchev–Trinajstić information content (AvgIpc) is 1.52. The minimum Gasteiger partial charge on any atom is -0.508 e. The Kier molecular flexibility index (Phi) is 25.6. The number of rotatable bonds is 20. The van der Waals surface area contributed by atoms with E-state index in [1.54, 1.807) is 73.8 Å². The van der Waals surface area contributed by atoms with Gasteiger partial charge in [-0.05, 0) is 141 Å². The molecule has 0 amide bonds. The fourth-order valence-corrected chi connectivity index (χ4v) is 21.1. The summed E-state index contributed by atoms with van der Waals surface area (Å²) in [6.45, 7) is 37.9. The number of benzene rings is 4. The molecule has 7 nitrogen and oxygen atoms in total. The van der Waals surface area contributed by atoms with E-state index in [-0.39, 0.29) is 139 Å². The highest BCUT2D eigenvalue weighted by atomic mass is 32.1. The molecular formula is C95H102F12O7S6.